The summed E-state index contributed by atoms with van der Waals surface area (Å²) >= 11 is 5.82. The molecule has 1 N–H and O–H groups in total. The van der Waals surface area contributed by atoms with Gasteiger partial charge in [0.15, 0.2) is 0 Å². The Hall–Kier alpha value is -2.59. The Balaban J connectivity index is 1.95. The number of hydrogen-bond donors (Lipinski definition) is 1. The second-order valence-electron chi connectivity index (χ2n) is 4.73. The summed E-state index contributed by atoms with van der Waals surface area (Å²) in [5.41, 5.74) is 1.83. The molecule has 2 aromatic carbocycles. The van der Waals surface area contributed by atoms with Gasteiger partial charge < -0.3 is 9.84 Å². The number of carboxylic acid groups (broad SMARTS) is 1. The third-order valence-corrected chi connectivity index (χ3v) is 3.48. The zero-order valence-electron chi connectivity index (χ0n) is 11.5. The molecule has 22 heavy (non-hydrogen) atoms. The molecule has 0 fully saturated rings. The Bertz CT molecular complexity index is 779. The summed E-state index contributed by atoms with van der Waals surface area (Å²) in [7, 11) is 0. The molecule has 0 unspecified atom stereocenters. The van der Waals surface area contributed by atoms with E-state index < -0.39 is 5.97 Å². The molecule has 1 aliphatic rings. The van der Waals surface area contributed by atoms with E-state index in [9.17, 15) is 9.90 Å². The Kier molecular flexibility index (Phi) is 3.94. The van der Waals surface area contributed by atoms with Gasteiger partial charge in [-0.05, 0) is 47.5 Å². The number of carbonyl (C=O) groups is 1. The Labute approximate surface area is 132 Å². The molecular formula is C17H12ClNO3. The standard InChI is InChI=1S/C17H12ClNO3/c18-13-2-4-14(5-3-13)22-16-6-1-11(9-15(16)17(20)21)12-7-8-19-10-12/h1-7,9-10H,8H2,(H,20,21). The van der Waals surface area contributed by atoms with Crippen LogP contribution >= 0.6 is 11.6 Å². The fourth-order valence-electron chi connectivity index (χ4n) is 2.14. The van der Waals surface area contributed by atoms with Crippen molar-refractivity contribution in [1.82, 2.24) is 0 Å². The van der Waals surface area contributed by atoms with E-state index in [1.54, 1.807) is 42.6 Å². The fraction of sp³-hybridized carbons (Fsp3) is 0.0588. The zero-order chi connectivity index (χ0) is 15.5. The van der Waals surface area contributed by atoms with Crippen molar-refractivity contribution in [2.75, 3.05) is 6.54 Å². The molecule has 1 aliphatic heterocycles. The SMILES string of the molecule is O=C(O)c1cc(C2=CCN=C2)ccc1Oc1ccc(Cl)cc1. The molecule has 2 aromatic rings. The number of carboxylic acids is 1. The van der Waals surface area contributed by atoms with Gasteiger partial charge in [0.2, 0.25) is 0 Å². The molecule has 0 amide bonds. The molecule has 0 saturated carbocycles. The van der Waals surface area contributed by atoms with Crippen molar-refractivity contribution in [2.24, 2.45) is 4.99 Å². The van der Waals surface area contributed by atoms with Gasteiger partial charge >= 0.3 is 5.97 Å². The van der Waals surface area contributed by atoms with Gasteiger partial charge in [-0.2, -0.15) is 0 Å². The number of hydrogen-bond acceptors (Lipinski definition) is 3. The monoisotopic (exact) mass is 313 g/mol. The highest BCUT2D eigenvalue weighted by Crippen LogP contribution is 2.29. The first-order chi connectivity index (χ1) is 10.6. The van der Waals surface area contributed by atoms with Gasteiger partial charge in [-0.1, -0.05) is 23.7 Å². The number of allylic oxidation sites excluding steroid dienone is 1. The van der Waals surface area contributed by atoms with E-state index in [-0.39, 0.29) is 11.3 Å². The van der Waals surface area contributed by atoms with E-state index in [0.717, 1.165) is 11.1 Å². The lowest BCUT2D eigenvalue weighted by Crippen LogP contribution is -2.01. The van der Waals surface area contributed by atoms with Gasteiger partial charge in [0.1, 0.15) is 17.1 Å². The van der Waals surface area contributed by atoms with Gasteiger partial charge in [-0.15, -0.1) is 0 Å². The van der Waals surface area contributed by atoms with Crippen LogP contribution in [0.4, 0.5) is 0 Å². The van der Waals surface area contributed by atoms with Crippen LogP contribution in [0.5, 0.6) is 11.5 Å². The van der Waals surface area contributed by atoms with Gasteiger partial charge in [0, 0.05) is 11.2 Å². The predicted molar refractivity (Wildman–Crippen MR) is 86.3 cm³/mol. The number of aliphatic imine (C=N–C) groups is 1. The fourth-order valence-corrected chi connectivity index (χ4v) is 2.27. The number of ether oxygens (including phenoxy) is 1. The molecule has 0 aromatic heterocycles. The van der Waals surface area contributed by atoms with Crippen molar-refractivity contribution in [3.05, 3.63) is 64.7 Å². The second-order valence-corrected chi connectivity index (χ2v) is 5.16. The highest BCUT2D eigenvalue weighted by Gasteiger charge is 2.15. The molecule has 0 spiro atoms. The summed E-state index contributed by atoms with van der Waals surface area (Å²) in [5, 5.41) is 9.99. The Morgan fingerprint density at radius 2 is 1.95 bits per heavy atom. The van der Waals surface area contributed by atoms with Crippen LogP contribution < -0.4 is 4.74 Å². The van der Waals surface area contributed by atoms with Crippen LogP contribution in [-0.2, 0) is 0 Å². The number of halogens is 1. The largest absolute Gasteiger partial charge is 0.478 e. The number of benzene rings is 2. The third kappa shape index (κ3) is 3.02. The average molecular weight is 314 g/mol. The van der Waals surface area contributed by atoms with Crippen LogP contribution in [-0.4, -0.2) is 23.8 Å². The molecule has 5 heteroatoms. The smallest absolute Gasteiger partial charge is 0.339 e. The summed E-state index contributed by atoms with van der Waals surface area (Å²) in [4.78, 5) is 15.6. The van der Waals surface area contributed by atoms with Gasteiger partial charge in [0.05, 0.1) is 6.54 Å². The molecule has 0 saturated heterocycles. The van der Waals surface area contributed by atoms with Crippen molar-refractivity contribution < 1.29 is 14.6 Å². The molecule has 0 radical (unpaired) electrons. The topological polar surface area (TPSA) is 58.9 Å². The number of rotatable bonds is 4. The lowest BCUT2D eigenvalue weighted by atomic mass is 10.0. The van der Waals surface area contributed by atoms with E-state index in [2.05, 4.69) is 4.99 Å². The van der Waals surface area contributed by atoms with Crippen LogP contribution in [0.3, 0.4) is 0 Å². The number of nitrogens with zero attached hydrogens (tertiary/aromatic N) is 1. The second kappa shape index (κ2) is 6.03. The normalized spacial score (nSPS) is 13.0. The van der Waals surface area contributed by atoms with Crippen molar-refractivity contribution >= 4 is 29.4 Å². The summed E-state index contributed by atoms with van der Waals surface area (Å²) < 4.78 is 5.65. The lowest BCUT2D eigenvalue weighted by Gasteiger charge is -2.10. The summed E-state index contributed by atoms with van der Waals surface area (Å²) in [6, 6.07) is 11.8. The first-order valence-corrected chi connectivity index (χ1v) is 7.02. The van der Waals surface area contributed by atoms with E-state index >= 15 is 0 Å². The summed E-state index contributed by atoms with van der Waals surface area (Å²) in [6.45, 7) is 0.626. The average Bonchev–Trinajstić information content (AvgIpc) is 3.04. The number of aromatic carboxylic acids is 1. The van der Waals surface area contributed by atoms with Crippen molar-refractivity contribution in [3.8, 4) is 11.5 Å². The minimum atomic E-state index is -1.04. The quantitative estimate of drug-likeness (QED) is 0.915. The van der Waals surface area contributed by atoms with Crippen LogP contribution in [0.15, 0.2) is 53.5 Å². The first kappa shape index (κ1) is 14.4. The predicted octanol–water partition coefficient (Wildman–Crippen LogP) is 4.30. The van der Waals surface area contributed by atoms with Crippen molar-refractivity contribution in [1.29, 1.82) is 0 Å². The highest BCUT2D eigenvalue weighted by molar-refractivity contribution is 6.30. The van der Waals surface area contributed by atoms with Gasteiger partial charge in [-0.3, -0.25) is 4.99 Å². The maximum absolute atomic E-state index is 11.5. The third-order valence-electron chi connectivity index (χ3n) is 3.23. The molecule has 1 heterocycles. The van der Waals surface area contributed by atoms with Crippen LogP contribution in [0.2, 0.25) is 5.02 Å². The van der Waals surface area contributed by atoms with E-state index in [0.29, 0.717) is 17.3 Å². The zero-order valence-corrected chi connectivity index (χ0v) is 12.2. The molecule has 4 nitrogen and oxygen atoms in total. The molecule has 0 bridgehead atoms. The van der Waals surface area contributed by atoms with E-state index in [1.165, 1.54) is 0 Å². The lowest BCUT2D eigenvalue weighted by molar-refractivity contribution is 0.0694. The first-order valence-electron chi connectivity index (χ1n) is 6.64. The van der Waals surface area contributed by atoms with Crippen LogP contribution in [0.25, 0.3) is 5.57 Å². The highest BCUT2D eigenvalue weighted by atomic mass is 35.5. The Morgan fingerprint density at radius 3 is 2.59 bits per heavy atom. The molecule has 110 valence electrons. The minimum absolute atomic E-state index is 0.105. The minimum Gasteiger partial charge on any atom is -0.478 e. The van der Waals surface area contributed by atoms with E-state index in [4.69, 9.17) is 16.3 Å². The summed E-state index contributed by atoms with van der Waals surface area (Å²) in [6.07, 6.45) is 3.68. The molecule has 3 rings (SSSR count). The Morgan fingerprint density at radius 1 is 1.18 bits per heavy atom. The van der Waals surface area contributed by atoms with Crippen molar-refractivity contribution in [3.63, 3.8) is 0 Å². The van der Waals surface area contributed by atoms with Crippen molar-refractivity contribution in [2.45, 2.75) is 0 Å². The summed E-state index contributed by atoms with van der Waals surface area (Å²) in [5.74, 6) is -0.225. The maximum Gasteiger partial charge on any atom is 0.339 e. The van der Waals surface area contributed by atoms with Crippen LogP contribution in [0.1, 0.15) is 15.9 Å². The molecule has 0 aliphatic carbocycles. The molecule has 0 atom stereocenters. The van der Waals surface area contributed by atoms with Gasteiger partial charge in [-0.25, -0.2) is 4.79 Å². The van der Waals surface area contributed by atoms with Crippen LogP contribution in [0, 0.1) is 0 Å². The van der Waals surface area contributed by atoms with Gasteiger partial charge in [0.25, 0.3) is 0 Å². The maximum atomic E-state index is 11.5. The molecular weight excluding hydrogens is 302 g/mol. The van der Waals surface area contributed by atoms with E-state index in [1.807, 2.05) is 12.1 Å².